The fourth-order valence-corrected chi connectivity index (χ4v) is 2.44. The third-order valence-corrected chi connectivity index (χ3v) is 3.53. The molecule has 0 radical (unpaired) electrons. The van der Waals surface area contributed by atoms with Crippen LogP contribution in [-0.2, 0) is 4.74 Å². The molecule has 9 heteroatoms. The molecule has 2 aromatic heterocycles. The quantitative estimate of drug-likeness (QED) is 0.497. The summed E-state index contributed by atoms with van der Waals surface area (Å²) in [6.45, 7) is -0.440. The van der Waals surface area contributed by atoms with Crippen molar-refractivity contribution in [1.29, 1.82) is 0 Å². The first-order valence-corrected chi connectivity index (χ1v) is 6.28. The van der Waals surface area contributed by atoms with Gasteiger partial charge in [-0.1, -0.05) is 0 Å². The Kier molecular flexibility index (Phi) is 3.33. The van der Waals surface area contributed by atoms with Gasteiger partial charge in [-0.15, -0.1) is 0 Å². The summed E-state index contributed by atoms with van der Waals surface area (Å²) in [6, 6.07) is 1.25. The highest BCUT2D eigenvalue weighted by Gasteiger charge is 2.43. The molecule has 1 aliphatic heterocycles. The molecule has 3 heterocycles. The molecule has 0 aromatic carbocycles. The lowest BCUT2D eigenvalue weighted by atomic mass is 10.1. The Labute approximate surface area is 118 Å². The molecule has 2 aromatic rings. The molecule has 112 valence electrons. The number of hydrogen-bond donors (Lipinski definition) is 4. The third kappa shape index (κ3) is 2.07. The smallest absolute Gasteiger partial charge is 0.194 e. The van der Waals surface area contributed by atoms with Crippen LogP contribution >= 0.6 is 0 Å². The van der Waals surface area contributed by atoms with E-state index < -0.39 is 31.1 Å². The van der Waals surface area contributed by atoms with E-state index in [2.05, 4.69) is 9.97 Å². The number of fused-ring (bicyclic) bond motifs is 1. The number of anilines is 1. The predicted molar refractivity (Wildman–Crippen MR) is 71.2 cm³/mol. The fraction of sp³-hybridized carbons (Fsp3) is 0.417. The van der Waals surface area contributed by atoms with E-state index in [1.165, 1.54) is 23.2 Å². The van der Waals surface area contributed by atoms with Crippen molar-refractivity contribution in [3.63, 3.8) is 0 Å². The standard InChI is InChI=1S/C12H14N4O5/c13-10-7-5(18)1-2-16(11(7)15-4-14-10)12-9(20)8(19)6(3-17)21-12/h1-2,4,6,8-9,12,17,19-20H,3H2,(H2,13,14,15). The van der Waals surface area contributed by atoms with Crippen LogP contribution < -0.4 is 11.2 Å². The third-order valence-electron chi connectivity index (χ3n) is 3.53. The van der Waals surface area contributed by atoms with Crippen LogP contribution in [0.5, 0.6) is 0 Å². The van der Waals surface area contributed by atoms with Gasteiger partial charge in [-0.05, 0) is 0 Å². The number of aliphatic hydroxyl groups is 3. The van der Waals surface area contributed by atoms with Crippen LogP contribution in [-0.4, -0.2) is 54.8 Å². The maximum Gasteiger partial charge on any atom is 0.194 e. The van der Waals surface area contributed by atoms with E-state index in [0.717, 1.165) is 0 Å². The summed E-state index contributed by atoms with van der Waals surface area (Å²) < 4.78 is 6.81. The summed E-state index contributed by atoms with van der Waals surface area (Å²) >= 11 is 0. The Morgan fingerprint density at radius 3 is 2.76 bits per heavy atom. The van der Waals surface area contributed by atoms with Crippen molar-refractivity contribution in [3.8, 4) is 0 Å². The first kappa shape index (κ1) is 13.9. The molecule has 1 fully saturated rings. The lowest BCUT2D eigenvalue weighted by Crippen LogP contribution is -2.33. The van der Waals surface area contributed by atoms with Gasteiger partial charge in [-0.25, -0.2) is 9.97 Å². The second-order valence-corrected chi connectivity index (χ2v) is 4.77. The number of ether oxygens (including phenoxy) is 1. The van der Waals surface area contributed by atoms with Gasteiger partial charge >= 0.3 is 0 Å². The SMILES string of the molecule is Nc1ncnc2c1c(=O)ccn2C1OC(CO)C(O)C1O. The minimum Gasteiger partial charge on any atom is -0.394 e. The zero-order valence-corrected chi connectivity index (χ0v) is 10.8. The lowest BCUT2D eigenvalue weighted by Gasteiger charge is -2.20. The highest BCUT2D eigenvalue weighted by atomic mass is 16.6. The number of aromatic nitrogens is 3. The summed E-state index contributed by atoms with van der Waals surface area (Å²) in [4.78, 5) is 19.6. The van der Waals surface area contributed by atoms with Crippen molar-refractivity contribution in [2.75, 3.05) is 12.3 Å². The van der Waals surface area contributed by atoms with Gasteiger partial charge in [0.15, 0.2) is 17.3 Å². The van der Waals surface area contributed by atoms with Gasteiger partial charge in [0, 0.05) is 12.3 Å². The molecular weight excluding hydrogens is 280 g/mol. The number of rotatable bonds is 2. The molecule has 0 aliphatic carbocycles. The number of nitrogens with zero attached hydrogens (tertiary/aromatic N) is 3. The minimum atomic E-state index is -1.27. The van der Waals surface area contributed by atoms with Crippen LogP contribution in [0.3, 0.4) is 0 Å². The summed E-state index contributed by atoms with van der Waals surface area (Å²) in [5.74, 6) is 0.0195. The van der Waals surface area contributed by atoms with E-state index in [0.29, 0.717) is 0 Å². The summed E-state index contributed by atoms with van der Waals surface area (Å²) in [6.07, 6.45) is -1.85. The molecule has 1 saturated heterocycles. The zero-order valence-electron chi connectivity index (χ0n) is 10.8. The van der Waals surface area contributed by atoms with Gasteiger partial charge in [0.05, 0.1) is 6.61 Å². The number of nitrogens with two attached hydrogens (primary N) is 1. The van der Waals surface area contributed by atoms with Gasteiger partial charge in [0.1, 0.15) is 35.8 Å². The maximum atomic E-state index is 11.9. The zero-order chi connectivity index (χ0) is 15.1. The fourth-order valence-electron chi connectivity index (χ4n) is 2.44. The Morgan fingerprint density at radius 2 is 2.10 bits per heavy atom. The number of nitrogen functional groups attached to an aromatic ring is 1. The van der Waals surface area contributed by atoms with Crippen LogP contribution in [0, 0.1) is 0 Å². The van der Waals surface area contributed by atoms with Gasteiger partial charge < -0.3 is 30.4 Å². The summed E-state index contributed by atoms with van der Waals surface area (Å²) in [5, 5.41) is 29.1. The second kappa shape index (κ2) is 5.04. The molecule has 1 aliphatic rings. The van der Waals surface area contributed by atoms with Crippen LogP contribution in [0.25, 0.3) is 11.0 Å². The van der Waals surface area contributed by atoms with Crippen molar-refractivity contribution >= 4 is 16.9 Å². The van der Waals surface area contributed by atoms with Gasteiger partial charge in [0.2, 0.25) is 0 Å². The topological polar surface area (TPSA) is 144 Å². The Hall–Kier alpha value is -2.07. The normalized spacial score (nSPS) is 29.1. The Balaban J connectivity index is 2.16. The molecule has 5 N–H and O–H groups in total. The van der Waals surface area contributed by atoms with E-state index in [1.807, 2.05) is 0 Å². The van der Waals surface area contributed by atoms with E-state index >= 15 is 0 Å². The van der Waals surface area contributed by atoms with Crippen LogP contribution in [0.1, 0.15) is 6.23 Å². The molecular formula is C12H14N4O5. The average molecular weight is 294 g/mol. The average Bonchev–Trinajstić information content (AvgIpc) is 2.76. The van der Waals surface area contributed by atoms with E-state index in [-0.39, 0.29) is 22.3 Å². The second-order valence-electron chi connectivity index (χ2n) is 4.77. The van der Waals surface area contributed by atoms with E-state index in [4.69, 9.17) is 15.6 Å². The number of pyridine rings is 1. The van der Waals surface area contributed by atoms with Crippen molar-refractivity contribution in [2.24, 2.45) is 0 Å². The van der Waals surface area contributed by atoms with Crippen molar-refractivity contribution in [3.05, 3.63) is 28.8 Å². The molecule has 0 bridgehead atoms. The monoisotopic (exact) mass is 294 g/mol. The van der Waals surface area contributed by atoms with Gasteiger partial charge in [0.25, 0.3) is 0 Å². The van der Waals surface area contributed by atoms with Crippen LogP contribution in [0.15, 0.2) is 23.4 Å². The maximum absolute atomic E-state index is 11.9. The highest BCUT2D eigenvalue weighted by molar-refractivity contribution is 5.84. The van der Waals surface area contributed by atoms with Crippen molar-refractivity contribution < 1.29 is 20.1 Å². The largest absolute Gasteiger partial charge is 0.394 e. The van der Waals surface area contributed by atoms with E-state index in [9.17, 15) is 15.0 Å². The van der Waals surface area contributed by atoms with Crippen molar-refractivity contribution in [1.82, 2.24) is 14.5 Å². The van der Waals surface area contributed by atoms with Gasteiger partial charge in [-0.3, -0.25) is 4.79 Å². The molecule has 3 rings (SSSR count). The Morgan fingerprint density at radius 1 is 1.33 bits per heavy atom. The van der Waals surface area contributed by atoms with Crippen molar-refractivity contribution in [2.45, 2.75) is 24.5 Å². The summed E-state index contributed by atoms with van der Waals surface area (Å²) in [5.41, 5.74) is 5.51. The lowest BCUT2D eigenvalue weighted by molar-refractivity contribution is -0.0511. The molecule has 0 saturated carbocycles. The minimum absolute atomic E-state index is 0.0195. The van der Waals surface area contributed by atoms with Gasteiger partial charge in [-0.2, -0.15) is 0 Å². The molecule has 4 atom stereocenters. The van der Waals surface area contributed by atoms with Crippen LogP contribution in [0.4, 0.5) is 5.82 Å². The molecule has 9 nitrogen and oxygen atoms in total. The Bertz CT molecular complexity index is 733. The first-order chi connectivity index (χ1) is 10.0. The molecule has 21 heavy (non-hydrogen) atoms. The number of aliphatic hydroxyl groups excluding tert-OH is 3. The predicted octanol–water partition coefficient (Wildman–Crippen LogP) is -2.01. The summed E-state index contributed by atoms with van der Waals surface area (Å²) in [7, 11) is 0. The molecule has 4 unspecified atom stereocenters. The number of hydrogen-bond acceptors (Lipinski definition) is 8. The molecule has 0 spiro atoms. The van der Waals surface area contributed by atoms with Crippen LogP contribution in [0.2, 0.25) is 0 Å². The first-order valence-electron chi connectivity index (χ1n) is 6.28. The van der Waals surface area contributed by atoms with E-state index in [1.54, 1.807) is 0 Å². The molecule has 0 amide bonds. The highest BCUT2D eigenvalue weighted by Crippen LogP contribution is 2.30.